The molecule has 0 atom stereocenters. The summed E-state index contributed by atoms with van der Waals surface area (Å²) in [5.74, 6) is -0.359. The highest BCUT2D eigenvalue weighted by atomic mass is 79.9. The monoisotopic (exact) mass is 319 g/mol. The van der Waals surface area contributed by atoms with Crippen molar-refractivity contribution in [2.75, 3.05) is 0 Å². The van der Waals surface area contributed by atoms with Gasteiger partial charge in [-0.2, -0.15) is 0 Å². The van der Waals surface area contributed by atoms with Gasteiger partial charge in [0, 0.05) is 0 Å². The van der Waals surface area contributed by atoms with Crippen LogP contribution >= 0.6 is 31.9 Å². The number of alkyl halides is 3. The van der Waals surface area contributed by atoms with Crippen molar-refractivity contribution in [2.45, 2.75) is 6.36 Å². The summed E-state index contributed by atoms with van der Waals surface area (Å²) >= 11 is 6.01. The van der Waals surface area contributed by atoms with Crippen molar-refractivity contribution in [2.24, 2.45) is 0 Å². The van der Waals surface area contributed by atoms with E-state index in [0.717, 1.165) is 6.20 Å². The molecule has 0 N–H and O–H groups in total. The first kappa shape index (κ1) is 10.8. The van der Waals surface area contributed by atoms with E-state index in [1.165, 1.54) is 6.07 Å². The lowest BCUT2D eigenvalue weighted by molar-refractivity contribution is -0.274. The van der Waals surface area contributed by atoms with Crippen LogP contribution in [0.15, 0.2) is 21.3 Å². The topological polar surface area (TPSA) is 22.1 Å². The fourth-order valence-electron chi connectivity index (χ4n) is 0.593. The molecule has 0 aliphatic carbocycles. The molecule has 0 saturated carbocycles. The molecule has 0 radical (unpaired) electrons. The minimum absolute atomic E-state index is 0.359. The highest BCUT2D eigenvalue weighted by Gasteiger charge is 2.31. The zero-order valence-corrected chi connectivity index (χ0v) is 9.07. The maximum atomic E-state index is 11.7. The molecule has 0 saturated heterocycles. The molecule has 2 nitrogen and oxygen atoms in total. The molecule has 1 rings (SSSR count). The second kappa shape index (κ2) is 3.83. The third-order valence-electron chi connectivity index (χ3n) is 1.00. The molecule has 1 aromatic rings. The van der Waals surface area contributed by atoms with Gasteiger partial charge in [0.15, 0.2) is 0 Å². The fourth-order valence-corrected chi connectivity index (χ4v) is 1.14. The van der Waals surface area contributed by atoms with Crippen molar-refractivity contribution in [3.63, 3.8) is 0 Å². The molecule has 7 heteroatoms. The average Bonchev–Trinajstić information content (AvgIpc) is 1.94. The molecule has 1 aromatic heterocycles. The summed E-state index contributed by atoms with van der Waals surface area (Å²) in [4.78, 5) is 3.61. The zero-order chi connectivity index (χ0) is 10.1. The first-order valence-corrected chi connectivity index (χ1v) is 4.54. The van der Waals surface area contributed by atoms with Crippen molar-refractivity contribution >= 4 is 31.9 Å². The van der Waals surface area contributed by atoms with E-state index in [-0.39, 0.29) is 5.75 Å². The summed E-state index contributed by atoms with van der Waals surface area (Å²) in [6, 6.07) is 1.17. The van der Waals surface area contributed by atoms with E-state index in [0.29, 0.717) is 9.08 Å². The van der Waals surface area contributed by atoms with Crippen LogP contribution in [0, 0.1) is 0 Å². The quantitative estimate of drug-likeness (QED) is 0.739. The Balaban J connectivity index is 2.86. The molecule has 0 spiro atoms. The number of ether oxygens (including phenoxy) is 1. The average molecular weight is 321 g/mol. The van der Waals surface area contributed by atoms with Crippen LogP contribution < -0.4 is 4.74 Å². The van der Waals surface area contributed by atoms with Gasteiger partial charge in [0.05, 0.1) is 10.7 Å². The van der Waals surface area contributed by atoms with Gasteiger partial charge in [-0.15, -0.1) is 13.2 Å². The highest BCUT2D eigenvalue weighted by molar-refractivity contribution is 9.13. The summed E-state index contributed by atoms with van der Waals surface area (Å²) < 4.78 is 39.5. The normalized spacial score (nSPS) is 11.5. The van der Waals surface area contributed by atoms with Crippen LogP contribution in [0.4, 0.5) is 13.2 Å². The van der Waals surface area contributed by atoms with Crippen molar-refractivity contribution in [3.8, 4) is 5.75 Å². The Kier molecular flexibility index (Phi) is 3.18. The van der Waals surface area contributed by atoms with Crippen LogP contribution in [0.2, 0.25) is 0 Å². The molecule has 0 aliphatic heterocycles. The van der Waals surface area contributed by atoms with Crippen molar-refractivity contribution in [3.05, 3.63) is 21.3 Å². The second-order valence-electron chi connectivity index (χ2n) is 1.99. The third-order valence-corrected chi connectivity index (χ3v) is 2.77. The van der Waals surface area contributed by atoms with Crippen molar-refractivity contribution in [1.29, 1.82) is 0 Å². The molecule has 0 bridgehead atoms. The van der Waals surface area contributed by atoms with E-state index >= 15 is 0 Å². The van der Waals surface area contributed by atoms with Gasteiger partial charge in [-0.25, -0.2) is 4.98 Å². The number of rotatable bonds is 1. The minimum Gasteiger partial charge on any atom is -0.404 e. The molecule has 1 heterocycles. The van der Waals surface area contributed by atoms with Crippen LogP contribution in [-0.2, 0) is 0 Å². The van der Waals surface area contributed by atoms with E-state index in [2.05, 4.69) is 41.6 Å². The number of halogens is 5. The van der Waals surface area contributed by atoms with Gasteiger partial charge in [-0.1, -0.05) is 0 Å². The van der Waals surface area contributed by atoms with Gasteiger partial charge in [0.1, 0.15) is 10.4 Å². The summed E-state index contributed by atoms with van der Waals surface area (Å²) in [6.07, 6.45) is -3.71. The predicted molar refractivity (Wildman–Crippen MR) is 46.3 cm³/mol. The fraction of sp³-hybridized carbons (Fsp3) is 0.167. The Morgan fingerprint density at radius 3 is 2.38 bits per heavy atom. The maximum Gasteiger partial charge on any atom is 0.573 e. The summed E-state index contributed by atoms with van der Waals surface area (Å²) in [5.41, 5.74) is 0. The van der Waals surface area contributed by atoms with E-state index < -0.39 is 6.36 Å². The van der Waals surface area contributed by atoms with Crippen molar-refractivity contribution in [1.82, 2.24) is 4.98 Å². The van der Waals surface area contributed by atoms with Crippen LogP contribution in [0.25, 0.3) is 0 Å². The van der Waals surface area contributed by atoms with Gasteiger partial charge in [-0.05, 0) is 37.9 Å². The van der Waals surface area contributed by atoms with E-state index in [9.17, 15) is 13.2 Å². The molecule has 0 aromatic carbocycles. The zero-order valence-electron chi connectivity index (χ0n) is 5.90. The first-order valence-electron chi connectivity index (χ1n) is 2.95. The molecule has 13 heavy (non-hydrogen) atoms. The maximum absolute atomic E-state index is 11.7. The third kappa shape index (κ3) is 3.51. The van der Waals surface area contributed by atoms with Gasteiger partial charge in [-0.3, -0.25) is 0 Å². The Bertz CT molecular complexity index is 315. The summed E-state index contributed by atoms with van der Waals surface area (Å²) in [7, 11) is 0. The molecular formula is C6H2Br2F3NO. The molecule has 0 fully saturated rings. The van der Waals surface area contributed by atoms with E-state index in [1.807, 2.05) is 0 Å². The molecule has 72 valence electrons. The van der Waals surface area contributed by atoms with E-state index in [1.54, 1.807) is 0 Å². The number of pyridine rings is 1. The first-order chi connectivity index (χ1) is 5.88. The Morgan fingerprint density at radius 1 is 1.31 bits per heavy atom. The van der Waals surface area contributed by atoms with Crippen LogP contribution in [0.1, 0.15) is 0 Å². The number of nitrogens with zero attached hydrogens (tertiary/aromatic N) is 1. The Labute approximate surface area is 88.4 Å². The Hall–Kier alpha value is -0.300. The van der Waals surface area contributed by atoms with Crippen LogP contribution in [0.5, 0.6) is 5.75 Å². The van der Waals surface area contributed by atoms with Gasteiger partial charge in [0.2, 0.25) is 0 Å². The van der Waals surface area contributed by atoms with E-state index in [4.69, 9.17) is 0 Å². The lowest BCUT2D eigenvalue weighted by atomic mass is 10.5. The molecular weight excluding hydrogens is 319 g/mol. The number of hydrogen-bond acceptors (Lipinski definition) is 2. The predicted octanol–water partition coefficient (Wildman–Crippen LogP) is 3.51. The Morgan fingerprint density at radius 2 is 1.92 bits per heavy atom. The van der Waals surface area contributed by atoms with Gasteiger partial charge < -0.3 is 4.74 Å². The molecule has 0 aliphatic rings. The van der Waals surface area contributed by atoms with Gasteiger partial charge in [0.25, 0.3) is 0 Å². The number of hydrogen-bond donors (Lipinski definition) is 0. The molecule has 0 amide bonds. The minimum atomic E-state index is -4.69. The smallest absolute Gasteiger partial charge is 0.404 e. The van der Waals surface area contributed by atoms with Crippen LogP contribution in [-0.4, -0.2) is 11.3 Å². The standard InChI is InChI=1S/C6H2Br2F3NO/c7-4-1-3(2-12-5(4)8)13-6(9,10)11/h1-2H. The lowest BCUT2D eigenvalue weighted by Gasteiger charge is -2.08. The molecule has 0 unspecified atom stereocenters. The highest BCUT2D eigenvalue weighted by Crippen LogP contribution is 2.28. The SMILES string of the molecule is FC(F)(F)Oc1cnc(Br)c(Br)c1. The summed E-state index contributed by atoms with van der Waals surface area (Å²) in [6.45, 7) is 0. The van der Waals surface area contributed by atoms with Crippen LogP contribution in [0.3, 0.4) is 0 Å². The lowest BCUT2D eigenvalue weighted by Crippen LogP contribution is -2.17. The number of aromatic nitrogens is 1. The second-order valence-corrected chi connectivity index (χ2v) is 3.60. The largest absolute Gasteiger partial charge is 0.573 e. The van der Waals surface area contributed by atoms with Crippen molar-refractivity contribution < 1.29 is 17.9 Å². The summed E-state index contributed by atoms with van der Waals surface area (Å²) in [5, 5.41) is 0. The van der Waals surface area contributed by atoms with Gasteiger partial charge >= 0.3 is 6.36 Å².